The zero-order valence-electron chi connectivity index (χ0n) is 20.6. The highest BCUT2D eigenvalue weighted by Gasteiger charge is 2.19. The first kappa shape index (κ1) is 24.7. The van der Waals surface area contributed by atoms with E-state index in [9.17, 15) is 9.59 Å². The number of hydrogen-bond acceptors (Lipinski definition) is 5. The Hall–Kier alpha value is -3.45. The van der Waals surface area contributed by atoms with Gasteiger partial charge < -0.3 is 14.6 Å². The minimum absolute atomic E-state index is 0.0567. The fraction of sp³-hybridized carbons (Fsp3) is 0.393. The summed E-state index contributed by atoms with van der Waals surface area (Å²) in [6, 6.07) is 16.2. The van der Waals surface area contributed by atoms with Gasteiger partial charge in [-0.25, -0.2) is 0 Å². The highest BCUT2D eigenvalue weighted by Crippen LogP contribution is 2.15. The van der Waals surface area contributed by atoms with Gasteiger partial charge in [0, 0.05) is 57.6 Å². The molecule has 0 bridgehead atoms. The number of benzene rings is 1. The number of piperidine rings is 1. The number of amides is 1. The van der Waals surface area contributed by atoms with E-state index in [2.05, 4.69) is 39.5 Å². The van der Waals surface area contributed by atoms with Crippen molar-refractivity contribution in [3.8, 4) is 5.75 Å². The van der Waals surface area contributed by atoms with Crippen molar-refractivity contribution in [2.24, 2.45) is 0 Å². The Morgan fingerprint density at radius 1 is 1.11 bits per heavy atom. The molecule has 35 heavy (non-hydrogen) atoms. The van der Waals surface area contributed by atoms with Crippen LogP contribution < -0.4 is 15.6 Å². The smallest absolute Gasteiger partial charge is 0.254 e. The lowest BCUT2D eigenvalue weighted by Gasteiger charge is -2.32. The van der Waals surface area contributed by atoms with Crippen molar-refractivity contribution in [1.29, 1.82) is 0 Å². The van der Waals surface area contributed by atoms with Gasteiger partial charge in [-0.2, -0.15) is 0 Å². The zero-order chi connectivity index (χ0) is 24.6. The Labute approximate surface area is 206 Å². The number of nitrogens with zero attached hydrogens (tertiary/aromatic N) is 3. The normalized spacial score (nSPS) is 14.6. The van der Waals surface area contributed by atoms with Crippen LogP contribution in [-0.2, 0) is 30.9 Å². The van der Waals surface area contributed by atoms with Gasteiger partial charge in [0.1, 0.15) is 12.4 Å². The number of carbonyl (C=O) groups is 1. The molecule has 2 aromatic heterocycles. The fourth-order valence-electron chi connectivity index (χ4n) is 4.43. The molecule has 0 unspecified atom stereocenters. The highest BCUT2D eigenvalue weighted by molar-refractivity contribution is 5.73. The first-order valence-corrected chi connectivity index (χ1v) is 12.3. The van der Waals surface area contributed by atoms with Crippen LogP contribution in [0.2, 0.25) is 0 Å². The molecule has 0 saturated carbocycles. The third-order valence-electron chi connectivity index (χ3n) is 6.53. The van der Waals surface area contributed by atoms with E-state index in [1.54, 1.807) is 23.9 Å². The number of carbonyl (C=O) groups excluding carboxylic acids is 1. The molecule has 7 nitrogen and oxygen atoms in total. The molecular weight excluding hydrogens is 440 g/mol. The molecule has 1 saturated heterocycles. The van der Waals surface area contributed by atoms with E-state index in [0.717, 1.165) is 50.2 Å². The maximum absolute atomic E-state index is 12.5. The average Bonchev–Trinajstić information content (AvgIpc) is 2.85. The second kappa shape index (κ2) is 11.8. The summed E-state index contributed by atoms with van der Waals surface area (Å²) in [7, 11) is 0. The first-order chi connectivity index (χ1) is 17.0. The number of rotatable bonds is 9. The molecule has 1 fully saturated rings. The van der Waals surface area contributed by atoms with Crippen LogP contribution in [0.1, 0.15) is 42.1 Å². The molecule has 3 aromatic rings. The van der Waals surface area contributed by atoms with Gasteiger partial charge in [-0.1, -0.05) is 30.3 Å². The topological polar surface area (TPSA) is 76.5 Å². The number of nitrogens with one attached hydrogen (secondary N) is 1. The summed E-state index contributed by atoms with van der Waals surface area (Å²) in [6.07, 6.45) is 6.32. The second-order valence-electron chi connectivity index (χ2n) is 9.27. The van der Waals surface area contributed by atoms with E-state index in [4.69, 9.17) is 4.74 Å². The Bertz CT molecular complexity index is 1180. The van der Waals surface area contributed by atoms with Crippen molar-refractivity contribution in [2.45, 2.75) is 58.8 Å². The molecular formula is C28H34N4O3. The second-order valence-corrected chi connectivity index (χ2v) is 9.27. The van der Waals surface area contributed by atoms with Gasteiger partial charge in [0.2, 0.25) is 5.91 Å². The van der Waals surface area contributed by atoms with Crippen LogP contribution in [0.15, 0.2) is 65.7 Å². The van der Waals surface area contributed by atoms with E-state index in [0.29, 0.717) is 24.9 Å². The van der Waals surface area contributed by atoms with Gasteiger partial charge in [-0.3, -0.25) is 19.5 Å². The van der Waals surface area contributed by atoms with Crippen LogP contribution in [0.5, 0.6) is 5.75 Å². The van der Waals surface area contributed by atoms with Gasteiger partial charge in [-0.05, 0) is 55.0 Å². The van der Waals surface area contributed by atoms with Crippen LogP contribution in [0.25, 0.3) is 0 Å². The summed E-state index contributed by atoms with van der Waals surface area (Å²) >= 11 is 0. The zero-order valence-corrected chi connectivity index (χ0v) is 20.6. The van der Waals surface area contributed by atoms with Crippen molar-refractivity contribution in [1.82, 2.24) is 19.8 Å². The predicted molar refractivity (Wildman–Crippen MR) is 136 cm³/mol. The quantitative estimate of drug-likeness (QED) is 0.514. The summed E-state index contributed by atoms with van der Waals surface area (Å²) in [5, 5.41) is 3.02. The lowest BCUT2D eigenvalue weighted by atomic mass is 10.0. The minimum atomic E-state index is -0.0699. The summed E-state index contributed by atoms with van der Waals surface area (Å²) < 4.78 is 7.49. The first-order valence-electron chi connectivity index (χ1n) is 12.3. The molecule has 1 aliphatic rings. The van der Waals surface area contributed by atoms with Crippen LogP contribution in [0.3, 0.4) is 0 Å². The molecule has 3 heterocycles. The van der Waals surface area contributed by atoms with Gasteiger partial charge >= 0.3 is 0 Å². The molecule has 1 amide bonds. The summed E-state index contributed by atoms with van der Waals surface area (Å²) in [5.74, 6) is 0.614. The standard InChI is InChI=1S/C28H34N4O3/c1-21-4-3-13-29-27(21)20-35-26-12-17-32(28(34)18-26)16-9-23-5-7-24(8-6-23)19-31-14-10-25(11-15-31)30-22(2)33/h3-8,12-13,17-18,25H,9-11,14-16,19-20H2,1-2H3,(H,30,33). The minimum Gasteiger partial charge on any atom is -0.487 e. The highest BCUT2D eigenvalue weighted by atomic mass is 16.5. The van der Waals surface area contributed by atoms with Gasteiger partial charge in [0.15, 0.2) is 0 Å². The number of ether oxygens (including phenoxy) is 1. The number of aryl methyl sites for hydroxylation is 3. The maximum atomic E-state index is 12.5. The van der Waals surface area contributed by atoms with Crippen molar-refractivity contribution in [3.05, 3.63) is 93.7 Å². The van der Waals surface area contributed by atoms with E-state index in [-0.39, 0.29) is 11.5 Å². The van der Waals surface area contributed by atoms with Crippen LogP contribution in [0.4, 0.5) is 0 Å². The van der Waals surface area contributed by atoms with Crippen molar-refractivity contribution < 1.29 is 9.53 Å². The monoisotopic (exact) mass is 474 g/mol. The molecule has 0 spiro atoms. The molecule has 1 aromatic carbocycles. The van der Waals surface area contributed by atoms with Crippen molar-refractivity contribution >= 4 is 5.91 Å². The van der Waals surface area contributed by atoms with Crippen molar-refractivity contribution in [3.63, 3.8) is 0 Å². The molecule has 7 heteroatoms. The third kappa shape index (κ3) is 7.26. The SMILES string of the molecule is CC(=O)NC1CCN(Cc2ccc(CCn3ccc(OCc4ncccc4C)cc3=O)cc2)CC1. The molecule has 1 aliphatic heterocycles. The molecule has 4 rings (SSSR count). The van der Waals surface area contributed by atoms with E-state index >= 15 is 0 Å². The number of pyridine rings is 2. The third-order valence-corrected chi connectivity index (χ3v) is 6.53. The largest absolute Gasteiger partial charge is 0.487 e. The molecule has 184 valence electrons. The molecule has 0 atom stereocenters. The Morgan fingerprint density at radius 2 is 1.86 bits per heavy atom. The average molecular weight is 475 g/mol. The summed E-state index contributed by atoms with van der Waals surface area (Å²) in [5.41, 5.74) is 4.36. The molecule has 0 aliphatic carbocycles. The number of likely N-dealkylation sites (tertiary alicyclic amines) is 1. The number of aromatic nitrogens is 2. The summed E-state index contributed by atoms with van der Waals surface area (Å²) in [4.78, 5) is 30.5. The maximum Gasteiger partial charge on any atom is 0.254 e. The molecule has 0 radical (unpaired) electrons. The van der Waals surface area contributed by atoms with Gasteiger partial charge in [-0.15, -0.1) is 0 Å². The Kier molecular flexibility index (Phi) is 8.32. The van der Waals surface area contributed by atoms with Crippen LogP contribution in [-0.4, -0.2) is 39.5 Å². The fourth-order valence-corrected chi connectivity index (χ4v) is 4.43. The van der Waals surface area contributed by atoms with Gasteiger partial charge in [0.05, 0.1) is 5.69 Å². The van der Waals surface area contributed by atoms with Gasteiger partial charge in [0.25, 0.3) is 5.56 Å². The lowest BCUT2D eigenvalue weighted by Crippen LogP contribution is -2.43. The summed E-state index contributed by atoms with van der Waals surface area (Å²) in [6.45, 7) is 7.46. The van der Waals surface area contributed by atoms with E-state index < -0.39 is 0 Å². The lowest BCUT2D eigenvalue weighted by molar-refractivity contribution is -0.119. The Balaban J connectivity index is 1.24. The molecule has 1 N–H and O–H groups in total. The van der Waals surface area contributed by atoms with E-state index in [1.165, 1.54) is 17.2 Å². The van der Waals surface area contributed by atoms with E-state index in [1.807, 2.05) is 25.1 Å². The van der Waals surface area contributed by atoms with Crippen LogP contribution in [0, 0.1) is 6.92 Å². The Morgan fingerprint density at radius 3 is 2.54 bits per heavy atom. The van der Waals surface area contributed by atoms with Crippen molar-refractivity contribution in [2.75, 3.05) is 13.1 Å². The van der Waals surface area contributed by atoms with Crippen LogP contribution >= 0.6 is 0 Å². The predicted octanol–water partition coefficient (Wildman–Crippen LogP) is 3.47. The number of hydrogen-bond donors (Lipinski definition) is 1.